The minimum absolute atomic E-state index is 0.260. The molecule has 0 saturated heterocycles. The van der Waals surface area contributed by atoms with E-state index in [1.807, 2.05) is 0 Å². The molecule has 0 atom stereocenters. The lowest BCUT2D eigenvalue weighted by molar-refractivity contribution is 0.661. The van der Waals surface area contributed by atoms with Crippen LogP contribution in [0.1, 0.15) is 58.4 Å². The molecule has 13 rings (SSSR count). The highest BCUT2D eigenvalue weighted by atomic mass is 14.4. The second kappa shape index (κ2) is 19.2. The molecule has 0 unspecified atom stereocenters. The highest BCUT2D eigenvalue weighted by molar-refractivity contribution is 6.01. The molecule has 0 aliphatic heterocycles. The van der Waals surface area contributed by atoms with Gasteiger partial charge < -0.3 is 0 Å². The first kappa shape index (κ1) is 45.5. The Hall–Kier alpha value is -9.36. The van der Waals surface area contributed by atoms with Crippen LogP contribution in [0.15, 0.2) is 279 Å². The fraction of sp³-hybridized carbons (Fsp3) is 0.0400. The first-order valence-electron chi connectivity index (χ1n) is 26.1. The SMILES string of the molecule is CC1(C)c2cc(-c3cc(C=C(c4ccccc4)c4ccccc4)cc(-c4cccc5ccccc45)c3)ccc2-c2ccc(-c3cc(C=C(c4ccccc4)c4ccccc4)cc(-c4cccc5ccccc45)c3)cc21. The molecule has 0 radical (unpaired) electrons. The van der Waals surface area contributed by atoms with Crippen LogP contribution in [0.5, 0.6) is 0 Å². The van der Waals surface area contributed by atoms with Gasteiger partial charge in [0.1, 0.15) is 0 Å². The van der Waals surface area contributed by atoms with Crippen molar-refractivity contribution in [2.75, 3.05) is 0 Å². The number of hydrogen-bond acceptors (Lipinski definition) is 0. The molecular weight excluding hydrogens is 901 g/mol. The predicted molar refractivity (Wildman–Crippen MR) is 320 cm³/mol. The molecule has 0 amide bonds. The van der Waals surface area contributed by atoms with Crippen LogP contribution in [0.2, 0.25) is 0 Å². The largest absolute Gasteiger partial charge is 0.0622 e. The van der Waals surface area contributed by atoms with Crippen molar-refractivity contribution in [3.05, 3.63) is 324 Å². The maximum atomic E-state index is 2.47. The Kier molecular flexibility index (Phi) is 11.7. The molecule has 354 valence electrons. The van der Waals surface area contributed by atoms with Crippen molar-refractivity contribution in [1.29, 1.82) is 0 Å². The maximum absolute atomic E-state index is 2.47. The lowest BCUT2D eigenvalue weighted by Gasteiger charge is -2.23. The van der Waals surface area contributed by atoms with E-state index in [4.69, 9.17) is 0 Å². The van der Waals surface area contributed by atoms with E-state index in [1.165, 1.54) is 122 Å². The van der Waals surface area contributed by atoms with Crippen molar-refractivity contribution in [1.82, 2.24) is 0 Å². The van der Waals surface area contributed by atoms with Crippen LogP contribution < -0.4 is 0 Å². The second-order valence-corrected chi connectivity index (χ2v) is 20.5. The molecule has 12 aromatic rings. The van der Waals surface area contributed by atoms with E-state index in [2.05, 4.69) is 305 Å². The molecule has 0 spiro atoms. The Morgan fingerprint density at radius 3 is 0.987 bits per heavy atom. The second-order valence-electron chi connectivity index (χ2n) is 20.5. The monoisotopic (exact) mass is 954 g/mol. The zero-order valence-electron chi connectivity index (χ0n) is 42.2. The fourth-order valence-electron chi connectivity index (χ4n) is 11.6. The van der Waals surface area contributed by atoms with Gasteiger partial charge in [0, 0.05) is 5.41 Å². The lowest BCUT2D eigenvalue weighted by Crippen LogP contribution is -2.15. The topological polar surface area (TPSA) is 0 Å². The van der Waals surface area contributed by atoms with Crippen LogP contribution in [-0.2, 0) is 5.41 Å². The summed E-state index contributed by atoms with van der Waals surface area (Å²) in [6.07, 6.45) is 4.75. The average Bonchev–Trinajstić information content (AvgIpc) is 3.71. The van der Waals surface area contributed by atoms with Gasteiger partial charge in [0.2, 0.25) is 0 Å². The van der Waals surface area contributed by atoms with Gasteiger partial charge in [0.15, 0.2) is 0 Å². The van der Waals surface area contributed by atoms with Crippen molar-refractivity contribution < 1.29 is 0 Å². The Balaban J connectivity index is 0.939. The van der Waals surface area contributed by atoms with Crippen LogP contribution in [0, 0.1) is 0 Å². The van der Waals surface area contributed by atoms with Gasteiger partial charge in [0.25, 0.3) is 0 Å². The average molecular weight is 955 g/mol. The summed E-state index contributed by atoms with van der Waals surface area (Å²) < 4.78 is 0. The fourth-order valence-corrected chi connectivity index (χ4v) is 11.6. The molecule has 0 bridgehead atoms. The Labute approximate surface area is 440 Å². The van der Waals surface area contributed by atoms with Crippen LogP contribution in [0.4, 0.5) is 0 Å². The molecule has 1 aliphatic rings. The predicted octanol–water partition coefficient (Wildman–Crippen LogP) is 20.1. The minimum atomic E-state index is -0.260. The third-order valence-electron chi connectivity index (χ3n) is 15.4. The smallest absolute Gasteiger partial charge is 0.0159 e. The van der Waals surface area contributed by atoms with E-state index < -0.39 is 0 Å². The summed E-state index contributed by atoms with van der Waals surface area (Å²) in [6, 6.07) is 103. The molecule has 0 nitrogen and oxygen atoms in total. The maximum Gasteiger partial charge on any atom is 0.0159 e. The quantitative estimate of drug-likeness (QED) is 0.120. The van der Waals surface area contributed by atoms with Gasteiger partial charge in [-0.1, -0.05) is 244 Å². The van der Waals surface area contributed by atoms with E-state index in [9.17, 15) is 0 Å². The van der Waals surface area contributed by atoms with E-state index >= 15 is 0 Å². The molecule has 0 heteroatoms. The van der Waals surface area contributed by atoms with Gasteiger partial charge in [-0.3, -0.25) is 0 Å². The van der Waals surface area contributed by atoms with Crippen molar-refractivity contribution in [3.63, 3.8) is 0 Å². The first-order chi connectivity index (χ1) is 36.9. The van der Waals surface area contributed by atoms with Crippen LogP contribution >= 0.6 is 0 Å². The number of hydrogen-bond donors (Lipinski definition) is 0. The molecule has 0 heterocycles. The molecule has 0 saturated carbocycles. The van der Waals surface area contributed by atoms with Crippen LogP contribution in [0.25, 0.3) is 100 Å². The summed E-state index contributed by atoms with van der Waals surface area (Å²) in [4.78, 5) is 0. The molecule has 0 aromatic heterocycles. The third kappa shape index (κ3) is 8.71. The first-order valence-corrected chi connectivity index (χ1v) is 26.1. The Morgan fingerprint density at radius 2 is 0.600 bits per heavy atom. The van der Waals surface area contributed by atoms with Crippen LogP contribution in [-0.4, -0.2) is 0 Å². The van der Waals surface area contributed by atoms with Gasteiger partial charge in [-0.2, -0.15) is 0 Å². The molecular formula is C75H54. The van der Waals surface area contributed by atoms with Crippen molar-refractivity contribution >= 4 is 44.8 Å². The van der Waals surface area contributed by atoms with E-state index in [-0.39, 0.29) is 5.41 Å². The summed E-state index contributed by atoms with van der Waals surface area (Å²) in [7, 11) is 0. The Morgan fingerprint density at radius 1 is 0.267 bits per heavy atom. The number of rotatable bonds is 10. The highest BCUT2D eigenvalue weighted by Crippen LogP contribution is 2.51. The highest BCUT2D eigenvalue weighted by Gasteiger charge is 2.36. The number of fused-ring (bicyclic) bond motifs is 5. The zero-order chi connectivity index (χ0) is 50.3. The van der Waals surface area contributed by atoms with Gasteiger partial charge in [0.05, 0.1) is 0 Å². The standard InChI is InChI=1S/C75H54/c1-75(2)73-49-59(61-41-51(43-63(47-61)67-35-19-31-53-29-15-17-33-65(53)67)45-71(55-21-7-3-8-22-55)56-23-9-4-10-24-56)37-39-69(73)70-40-38-60(50-74(70)75)62-42-52(44-64(48-62)68-36-20-32-54-30-16-18-34-66(54)68)46-72(57-25-11-5-12-26-57)58-27-13-6-14-28-58/h3-50H,1-2H3. The van der Waals surface area contributed by atoms with Gasteiger partial charge in [-0.05, 0) is 194 Å². The normalized spacial score (nSPS) is 12.2. The van der Waals surface area contributed by atoms with Crippen molar-refractivity contribution in [2.45, 2.75) is 19.3 Å². The minimum Gasteiger partial charge on any atom is -0.0622 e. The summed E-state index contributed by atoms with van der Waals surface area (Å²) >= 11 is 0. The van der Waals surface area contributed by atoms with Gasteiger partial charge in [-0.15, -0.1) is 0 Å². The summed E-state index contributed by atoms with van der Waals surface area (Å²) in [5.41, 5.74) is 24.1. The molecule has 75 heavy (non-hydrogen) atoms. The van der Waals surface area contributed by atoms with Gasteiger partial charge >= 0.3 is 0 Å². The lowest BCUT2D eigenvalue weighted by atomic mass is 9.80. The Bertz CT molecular complexity index is 3790. The summed E-state index contributed by atoms with van der Waals surface area (Å²) in [5.74, 6) is 0. The van der Waals surface area contributed by atoms with E-state index in [1.54, 1.807) is 0 Å². The zero-order valence-corrected chi connectivity index (χ0v) is 42.2. The molecule has 1 aliphatic carbocycles. The number of benzene rings is 12. The van der Waals surface area contributed by atoms with Crippen molar-refractivity contribution in [3.8, 4) is 55.6 Å². The van der Waals surface area contributed by atoms with Gasteiger partial charge in [-0.25, -0.2) is 0 Å². The third-order valence-corrected chi connectivity index (χ3v) is 15.4. The molecule has 0 N–H and O–H groups in total. The van der Waals surface area contributed by atoms with Crippen molar-refractivity contribution in [2.24, 2.45) is 0 Å². The molecule has 0 fully saturated rings. The molecule has 12 aromatic carbocycles. The summed E-state index contributed by atoms with van der Waals surface area (Å²) in [5, 5.41) is 4.97. The summed E-state index contributed by atoms with van der Waals surface area (Å²) in [6.45, 7) is 4.81. The van der Waals surface area contributed by atoms with E-state index in [0.29, 0.717) is 0 Å². The van der Waals surface area contributed by atoms with E-state index in [0.717, 1.165) is 11.1 Å². The van der Waals surface area contributed by atoms with Crippen LogP contribution in [0.3, 0.4) is 0 Å².